The Hall–Kier alpha value is -2.24. The number of aromatic nitrogens is 2. The summed E-state index contributed by atoms with van der Waals surface area (Å²) in [5.74, 6) is 1.01. The van der Waals surface area contributed by atoms with E-state index >= 15 is 0 Å². The zero-order valence-electron chi connectivity index (χ0n) is 13.0. The molecule has 6 heteroatoms. The van der Waals surface area contributed by atoms with Crippen LogP contribution in [0, 0.1) is 0 Å². The van der Waals surface area contributed by atoms with Crippen molar-refractivity contribution in [1.29, 1.82) is 0 Å². The maximum atomic E-state index is 12.4. The Balaban J connectivity index is 2.52. The van der Waals surface area contributed by atoms with Gasteiger partial charge < -0.3 is 15.4 Å². The van der Waals surface area contributed by atoms with E-state index in [1.54, 1.807) is 16.5 Å². The number of likely N-dealkylation sites (N-methyl/N-ethyl adjacent to an activating group) is 1. The Morgan fingerprint density at radius 1 is 1.48 bits per heavy atom. The third kappa shape index (κ3) is 2.66. The molecule has 0 radical (unpaired) electrons. The molecular formula is C15H22N4O2. The fourth-order valence-corrected chi connectivity index (χ4v) is 2.37. The fourth-order valence-electron chi connectivity index (χ4n) is 2.37. The summed E-state index contributed by atoms with van der Waals surface area (Å²) >= 11 is 0. The minimum Gasteiger partial charge on any atom is -0.492 e. The number of fused-ring (bicyclic) bond motifs is 1. The van der Waals surface area contributed by atoms with Gasteiger partial charge in [-0.15, -0.1) is 0 Å². The average Bonchev–Trinajstić information content (AvgIpc) is 2.82. The molecule has 1 amide bonds. The summed E-state index contributed by atoms with van der Waals surface area (Å²) in [5.41, 5.74) is 7.52. The molecule has 0 fully saturated rings. The predicted octanol–water partition coefficient (Wildman–Crippen LogP) is 2.06. The lowest BCUT2D eigenvalue weighted by molar-refractivity contribution is -0.132. The summed E-state index contributed by atoms with van der Waals surface area (Å²) < 4.78 is 7.33. The molecule has 2 N–H and O–H groups in total. The van der Waals surface area contributed by atoms with E-state index in [0.29, 0.717) is 30.4 Å². The maximum absolute atomic E-state index is 12.4. The Morgan fingerprint density at radius 3 is 2.81 bits per heavy atom. The third-order valence-electron chi connectivity index (χ3n) is 3.61. The monoisotopic (exact) mass is 290 g/mol. The number of carbonyl (C=O) groups excluding carboxylic acids is 1. The maximum Gasteiger partial charge on any atom is 0.245 e. The normalized spacial score (nSPS) is 12.4. The van der Waals surface area contributed by atoms with Crippen LogP contribution in [0.3, 0.4) is 0 Å². The van der Waals surface area contributed by atoms with Crippen molar-refractivity contribution in [3.63, 3.8) is 0 Å². The lowest BCUT2D eigenvalue weighted by Gasteiger charge is -2.21. The van der Waals surface area contributed by atoms with E-state index in [0.717, 1.165) is 5.52 Å². The van der Waals surface area contributed by atoms with Gasteiger partial charge in [0.05, 0.1) is 12.1 Å². The van der Waals surface area contributed by atoms with Crippen molar-refractivity contribution in [1.82, 2.24) is 14.5 Å². The highest BCUT2D eigenvalue weighted by molar-refractivity contribution is 5.88. The molecule has 1 aromatic heterocycles. The summed E-state index contributed by atoms with van der Waals surface area (Å²) in [4.78, 5) is 18.4. The second-order valence-corrected chi connectivity index (χ2v) is 4.93. The Morgan fingerprint density at radius 2 is 2.19 bits per heavy atom. The molecule has 0 saturated heterocycles. The van der Waals surface area contributed by atoms with E-state index in [4.69, 9.17) is 10.5 Å². The number of hydrogen-bond donors (Lipinski definition) is 1. The summed E-state index contributed by atoms with van der Waals surface area (Å²) in [6, 6.07) is 5.23. The molecule has 1 atom stereocenters. The van der Waals surface area contributed by atoms with Crippen LogP contribution in [0.2, 0.25) is 0 Å². The fraction of sp³-hybridized carbons (Fsp3) is 0.467. The Kier molecular flexibility index (Phi) is 4.35. The molecule has 1 unspecified atom stereocenters. The highest BCUT2D eigenvalue weighted by atomic mass is 16.5. The van der Waals surface area contributed by atoms with Crippen molar-refractivity contribution in [3.8, 4) is 5.75 Å². The number of imidazole rings is 1. The van der Waals surface area contributed by atoms with Gasteiger partial charge >= 0.3 is 0 Å². The first-order chi connectivity index (χ1) is 10.0. The zero-order chi connectivity index (χ0) is 15.6. The predicted molar refractivity (Wildman–Crippen MR) is 83.3 cm³/mol. The van der Waals surface area contributed by atoms with E-state index in [9.17, 15) is 4.79 Å². The second-order valence-electron chi connectivity index (χ2n) is 4.93. The molecule has 6 nitrogen and oxygen atoms in total. The minimum absolute atomic E-state index is 0.00492. The van der Waals surface area contributed by atoms with Crippen molar-refractivity contribution in [3.05, 3.63) is 18.2 Å². The van der Waals surface area contributed by atoms with Crippen LogP contribution in [-0.2, 0) is 4.79 Å². The largest absolute Gasteiger partial charge is 0.492 e. The molecule has 0 spiro atoms. The van der Waals surface area contributed by atoms with Gasteiger partial charge in [0.15, 0.2) is 0 Å². The Labute approximate surface area is 124 Å². The minimum atomic E-state index is -0.406. The first kappa shape index (κ1) is 15.2. The third-order valence-corrected chi connectivity index (χ3v) is 3.61. The van der Waals surface area contributed by atoms with Crippen LogP contribution in [0.15, 0.2) is 18.2 Å². The molecule has 1 heterocycles. The van der Waals surface area contributed by atoms with Gasteiger partial charge in [0.2, 0.25) is 11.9 Å². The van der Waals surface area contributed by atoms with Gasteiger partial charge in [-0.1, -0.05) is 6.07 Å². The number of rotatable bonds is 5. The summed E-state index contributed by atoms with van der Waals surface area (Å²) in [5, 5.41) is 0. The summed E-state index contributed by atoms with van der Waals surface area (Å²) in [6.45, 7) is 6.90. The smallest absolute Gasteiger partial charge is 0.245 e. The number of carbonyl (C=O) groups is 1. The quantitative estimate of drug-likeness (QED) is 0.914. The number of nitrogens with two attached hydrogens (primary N) is 1. The number of ether oxygens (including phenoxy) is 1. The lowest BCUT2D eigenvalue weighted by Crippen LogP contribution is -2.33. The van der Waals surface area contributed by atoms with E-state index in [2.05, 4.69) is 4.98 Å². The number of nitrogens with zero attached hydrogens (tertiary/aromatic N) is 3. The van der Waals surface area contributed by atoms with Crippen LogP contribution < -0.4 is 10.5 Å². The Bertz CT molecular complexity index is 650. The van der Waals surface area contributed by atoms with Crippen LogP contribution in [0.4, 0.5) is 5.95 Å². The number of anilines is 1. The molecule has 114 valence electrons. The molecule has 0 bridgehead atoms. The number of amides is 1. The van der Waals surface area contributed by atoms with Crippen LogP contribution in [-0.4, -0.2) is 40.6 Å². The number of benzene rings is 1. The first-order valence-electron chi connectivity index (χ1n) is 7.15. The number of hydrogen-bond acceptors (Lipinski definition) is 4. The number of para-hydroxylation sites is 1. The van der Waals surface area contributed by atoms with Gasteiger partial charge in [-0.2, -0.15) is 0 Å². The molecule has 0 aliphatic carbocycles. The van der Waals surface area contributed by atoms with Crippen LogP contribution in [0.1, 0.15) is 26.8 Å². The van der Waals surface area contributed by atoms with Crippen molar-refractivity contribution in [2.24, 2.45) is 0 Å². The van der Waals surface area contributed by atoms with E-state index < -0.39 is 6.04 Å². The molecule has 0 saturated carbocycles. The van der Waals surface area contributed by atoms with Crippen LogP contribution in [0.25, 0.3) is 11.0 Å². The topological polar surface area (TPSA) is 73.4 Å². The van der Waals surface area contributed by atoms with Gasteiger partial charge in [-0.25, -0.2) is 4.98 Å². The first-order valence-corrected chi connectivity index (χ1v) is 7.15. The van der Waals surface area contributed by atoms with Crippen LogP contribution in [0.5, 0.6) is 5.75 Å². The zero-order valence-corrected chi connectivity index (χ0v) is 13.0. The van der Waals surface area contributed by atoms with Crippen molar-refractivity contribution >= 4 is 22.9 Å². The molecule has 21 heavy (non-hydrogen) atoms. The molecule has 2 rings (SSSR count). The standard InChI is InChI=1S/C15H22N4O2/c1-5-18(4)14(20)10(3)19-11-8-7-9-12(21-6-2)13(11)17-15(19)16/h7-10H,5-6H2,1-4H3,(H2,16,17). The average molecular weight is 290 g/mol. The van der Waals surface area contributed by atoms with Gasteiger partial charge in [0, 0.05) is 13.6 Å². The molecule has 1 aromatic carbocycles. The molecule has 2 aromatic rings. The lowest BCUT2D eigenvalue weighted by atomic mass is 10.2. The van der Waals surface area contributed by atoms with Crippen LogP contribution >= 0.6 is 0 Å². The van der Waals surface area contributed by atoms with E-state index in [1.807, 2.05) is 39.0 Å². The second kappa shape index (κ2) is 6.03. The molecule has 0 aliphatic rings. The highest BCUT2D eigenvalue weighted by Crippen LogP contribution is 2.30. The van der Waals surface area contributed by atoms with E-state index in [1.165, 1.54) is 0 Å². The van der Waals surface area contributed by atoms with Crippen molar-refractivity contribution in [2.75, 3.05) is 25.9 Å². The van der Waals surface area contributed by atoms with E-state index in [-0.39, 0.29) is 5.91 Å². The van der Waals surface area contributed by atoms with Gasteiger partial charge in [0.1, 0.15) is 17.3 Å². The van der Waals surface area contributed by atoms with Gasteiger partial charge in [0.25, 0.3) is 0 Å². The van der Waals surface area contributed by atoms with Gasteiger partial charge in [-0.05, 0) is 32.9 Å². The van der Waals surface area contributed by atoms with Crippen molar-refractivity contribution in [2.45, 2.75) is 26.8 Å². The summed E-state index contributed by atoms with van der Waals surface area (Å²) in [7, 11) is 1.78. The molecular weight excluding hydrogens is 268 g/mol. The SMILES string of the molecule is CCOc1cccc2c1nc(N)n2C(C)C(=O)N(C)CC. The van der Waals surface area contributed by atoms with Crippen molar-refractivity contribution < 1.29 is 9.53 Å². The number of nitrogen functional groups attached to an aromatic ring is 1. The summed E-state index contributed by atoms with van der Waals surface area (Å²) in [6.07, 6.45) is 0. The van der Waals surface area contributed by atoms with Gasteiger partial charge in [-0.3, -0.25) is 9.36 Å². The molecule has 0 aliphatic heterocycles. The highest BCUT2D eigenvalue weighted by Gasteiger charge is 2.23.